The second-order valence-corrected chi connectivity index (χ2v) is 14.1. The molecule has 5 heterocycles. The fourth-order valence-corrected chi connectivity index (χ4v) is 8.25. The maximum atomic E-state index is 14.6. The van der Waals surface area contributed by atoms with E-state index in [2.05, 4.69) is 46.0 Å². The minimum Gasteiger partial charge on any atom is -0.488 e. The number of ether oxygens (including phenoxy) is 2. The van der Waals surface area contributed by atoms with Crippen LogP contribution in [0.1, 0.15) is 62.1 Å². The van der Waals surface area contributed by atoms with E-state index in [-0.39, 0.29) is 24.0 Å². The van der Waals surface area contributed by atoms with Gasteiger partial charge in [0.05, 0.1) is 24.0 Å². The number of nitrogens with one attached hydrogen (secondary N) is 1. The molecule has 0 spiro atoms. The summed E-state index contributed by atoms with van der Waals surface area (Å²) in [6.45, 7) is 10.7. The van der Waals surface area contributed by atoms with Crippen LogP contribution >= 0.6 is 11.3 Å². The number of aromatic nitrogens is 2. The number of nitrogens with zero attached hydrogens (tertiary/aromatic N) is 3. The Labute approximate surface area is 254 Å². The van der Waals surface area contributed by atoms with E-state index in [4.69, 9.17) is 9.47 Å². The summed E-state index contributed by atoms with van der Waals surface area (Å²) in [6, 6.07) is 6.01. The van der Waals surface area contributed by atoms with Gasteiger partial charge in [0, 0.05) is 35.4 Å². The number of hydrogen-bond acceptors (Lipinski definition) is 6. The zero-order chi connectivity index (χ0) is 30.2. The zero-order valence-corrected chi connectivity index (χ0v) is 26.1. The van der Waals surface area contributed by atoms with E-state index in [0.717, 1.165) is 77.1 Å². The van der Waals surface area contributed by atoms with Crippen LogP contribution in [-0.2, 0) is 22.4 Å². The molecule has 3 aliphatic rings. The smallest absolute Gasteiger partial charge is 0.349 e. The van der Waals surface area contributed by atoms with E-state index in [1.807, 2.05) is 6.92 Å². The number of hydrogen-bond donors (Lipinski definition) is 1. The number of imidazole rings is 1. The first-order valence-corrected chi connectivity index (χ1v) is 15.8. The number of esters is 1. The van der Waals surface area contributed by atoms with Gasteiger partial charge in [0.2, 0.25) is 11.5 Å². The molecule has 0 amide bonds. The lowest BCUT2D eigenvalue weighted by atomic mass is 9.88. The quantitative estimate of drug-likeness (QED) is 0.209. The van der Waals surface area contributed by atoms with E-state index in [0.29, 0.717) is 12.2 Å². The van der Waals surface area contributed by atoms with Gasteiger partial charge in [-0.25, -0.2) is 13.3 Å². The molecule has 1 atom stereocenters. The number of carbonyl (C=O) groups excluding carboxylic acids is 1. The number of aryl methyl sites for hydroxylation is 2. The third-order valence-electron chi connectivity index (χ3n) is 8.72. The van der Waals surface area contributed by atoms with Crippen LogP contribution in [-0.4, -0.2) is 42.7 Å². The Hall–Kier alpha value is -3.66. The van der Waals surface area contributed by atoms with Gasteiger partial charge in [-0.15, -0.1) is 0 Å². The van der Waals surface area contributed by atoms with Gasteiger partial charge in [-0.3, -0.25) is 4.79 Å². The third kappa shape index (κ3) is 4.56. The number of rotatable bonds is 4. The molecule has 0 aliphatic carbocycles. The Morgan fingerprint density at radius 2 is 1.93 bits per heavy atom. The van der Waals surface area contributed by atoms with Crippen molar-refractivity contribution in [3.05, 3.63) is 51.9 Å². The van der Waals surface area contributed by atoms with Gasteiger partial charge in [0.15, 0.2) is 17.3 Å². The Morgan fingerprint density at radius 1 is 1.16 bits per heavy atom. The normalized spacial score (nSPS) is 17.6. The molecule has 0 saturated heterocycles. The molecule has 2 aromatic heterocycles. The summed E-state index contributed by atoms with van der Waals surface area (Å²) in [7, 11) is 1.41. The molecule has 4 aromatic rings. The van der Waals surface area contributed by atoms with E-state index in [1.165, 1.54) is 36.1 Å². The van der Waals surface area contributed by atoms with Gasteiger partial charge in [-0.1, -0.05) is 11.3 Å². The van der Waals surface area contributed by atoms with Crippen molar-refractivity contribution in [1.82, 2.24) is 4.40 Å². The van der Waals surface area contributed by atoms with Gasteiger partial charge < -0.3 is 19.7 Å². The van der Waals surface area contributed by atoms with Crippen molar-refractivity contribution in [2.45, 2.75) is 71.4 Å². The van der Waals surface area contributed by atoms with E-state index in [9.17, 15) is 13.6 Å². The van der Waals surface area contributed by atoms with Crippen LogP contribution in [0.2, 0.25) is 0 Å². The highest BCUT2D eigenvalue weighted by atomic mass is 32.1. The Kier molecular flexibility index (Phi) is 6.68. The van der Waals surface area contributed by atoms with Gasteiger partial charge in [-0.2, -0.15) is 4.40 Å². The molecular weight excluding hydrogens is 570 g/mol. The fourth-order valence-electron chi connectivity index (χ4n) is 7.06. The Bertz CT molecular complexity index is 1790. The van der Waals surface area contributed by atoms with Crippen molar-refractivity contribution in [3.8, 4) is 28.3 Å². The zero-order valence-electron chi connectivity index (χ0n) is 25.3. The minimum atomic E-state index is -0.888. The highest BCUT2D eigenvalue weighted by Crippen LogP contribution is 2.50. The second-order valence-electron chi connectivity index (χ2n) is 12.9. The van der Waals surface area contributed by atoms with Crippen molar-refractivity contribution in [2.24, 2.45) is 0 Å². The molecule has 0 saturated carbocycles. The predicted molar refractivity (Wildman–Crippen MR) is 164 cm³/mol. The number of thiazole rings is 1. The summed E-state index contributed by atoms with van der Waals surface area (Å²) in [6.07, 6.45) is 4.24. The Balaban J connectivity index is 1.59. The lowest BCUT2D eigenvalue weighted by Crippen LogP contribution is -2.43. The highest BCUT2D eigenvalue weighted by Gasteiger charge is 2.43. The molecule has 43 heavy (non-hydrogen) atoms. The van der Waals surface area contributed by atoms with Gasteiger partial charge in [0.25, 0.3) is 0 Å². The number of fused-ring (bicyclic) bond motifs is 6. The maximum absolute atomic E-state index is 14.6. The van der Waals surface area contributed by atoms with Crippen molar-refractivity contribution < 1.29 is 27.6 Å². The standard InChI is InChI=1S/C33H37F2N4O3S/c1-18-27(20-10-11-24(34)25(35)15-20)39-31(36-33(2,3)4)29-23-14-19-8-6-12-37-13-7-9-22(28(19)37)30(23)42-17-21(16-26(40)41-5)38(29)32(39)43-18/h10-11,14-15,21,36H,6-9,12-13,16-17H2,1-5H3/q+1. The van der Waals surface area contributed by atoms with Gasteiger partial charge in [-0.05, 0) is 83.2 Å². The van der Waals surface area contributed by atoms with Crippen molar-refractivity contribution in [1.29, 1.82) is 0 Å². The predicted octanol–water partition coefficient (Wildman–Crippen LogP) is 6.61. The van der Waals surface area contributed by atoms with Crippen LogP contribution in [0.4, 0.5) is 20.3 Å². The molecule has 10 heteroatoms. The first-order chi connectivity index (χ1) is 20.6. The van der Waals surface area contributed by atoms with Gasteiger partial charge >= 0.3 is 10.9 Å². The molecule has 226 valence electrons. The van der Waals surface area contributed by atoms with Crippen molar-refractivity contribution in [3.63, 3.8) is 0 Å². The van der Waals surface area contributed by atoms with Crippen molar-refractivity contribution >= 4 is 33.8 Å². The van der Waals surface area contributed by atoms with E-state index >= 15 is 0 Å². The number of anilines is 2. The average Bonchev–Trinajstić information content (AvgIpc) is 3.38. The molecule has 1 unspecified atom stereocenters. The fraction of sp³-hybridized carbons (Fsp3) is 0.455. The second kappa shape index (κ2) is 10.2. The molecule has 0 bridgehead atoms. The molecule has 1 N–H and O–H groups in total. The summed E-state index contributed by atoms with van der Waals surface area (Å²) in [5, 5.41) is 3.78. The van der Waals surface area contributed by atoms with Crippen LogP contribution < -0.4 is 19.5 Å². The maximum Gasteiger partial charge on any atom is 0.349 e. The van der Waals surface area contributed by atoms with Gasteiger partial charge in [0.1, 0.15) is 18.4 Å². The largest absolute Gasteiger partial charge is 0.488 e. The SMILES string of the molecule is COC(=O)CC1COc2c(cc3c4c2CCCN4CCC3)-c2c(NC(C)(C)C)n3c(-c4ccc(F)c(F)c4)c(C)sc3[n+]21. The van der Waals surface area contributed by atoms with Crippen LogP contribution in [0.5, 0.6) is 5.75 Å². The minimum absolute atomic E-state index is 0.134. The molecule has 0 radical (unpaired) electrons. The molecular formula is C33H37F2N4O3S+. The van der Waals surface area contributed by atoms with Crippen LogP contribution in [0, 0.1) is 18.6 Å². The topological polar surface area (TPSA) is 59.1 Å². The average molecular weight is 608 g/mol. The summed E-state index contributed by atoms with van der Waals surface area (Å²) < 4.78 is 44.9. The Morgan fingerprint density at radius 3 is 2.65 bits per heavy atom. The molecule has 7 rings (SSSR count). The molecule has 3 aliphatic heterocycles. The number of methoxy groups -OCH3 is 1. The van der Waals surface area contributed by atoms with Crippen molar-refractivity contribution in [2.75, 3.05) is 37.0 Å². The van der Waals surface area contributed by atoms with Crippen LogP contribution in [0.15, 0.2) is 24.3 Å². The molecule has 0 fully saturated rings. The van der Waals surface area contributed by atoms with E-state index < -0.39 is 11.6 Å². The van der Waals surface area contributed by atoms with Crippen LogP contribution in [0.3, 0.4) is 0 Å². The first kappa shape index (κ1) is 28.1. The number of benzene rings is 2. The molecule has 7 nitrogen and oxygen atoms in total. The summed E-state index contributed by atoms with van der Waals surface area (Å²) in [5.41, 5.74) is 6.87. The first-order valence-electron chi connectivity index (χ1n) is 15.0. The van der Waals surface area contributed by atoms with E-state index in [1.54, 1.807) is 17.4 Å². The summed E-state index contributed by atoms with van der Waals surface area (Å²) >= 11 is 1.57. The number of carbonyl (C=O) groups is 1. The summed E-state index contributed by atoms with van der Waals surface area (Å²) in [5.74, 6) is -0.365. The lowest BCUT2D eigenvalue weighted by molar-refractivity contribution is -0.684. The lowest BCUT2D eigenvalue weighted by Gasteiger charge is -2.38. The summed E-state index contributed by atoms with van der Waals surface area (Å²) in [4.78, 5) is 17.1. The monoisotopic (exact) mass is 607 g/mol. The van der Waals surface area contributed by atoms with Crippen LogP contribution in [0.25, 0.3) is 27.5 Å². The molecule has 2 aromatic carbocycles. The number of halogens is 2. The third-order valence-corrected chi connectivity index (χ3v) is 9.78. The highest BCUT2D eigenvalue weighted by molar-refractivity contribution is 7.17.